The lowest BCUT2D eigenvalue weighted by molar-refractivity contribution is -0.119. The number of carbonyl (C=O) groups excluding carboxylic acids is 2. The quantitative estimate of drug-likeness (QED) is 0.809. The maximum atomic E-state index is 12.2. The molecule has 1 aliphatic rings. The molecule has 1 heterocycles. The molecule has 6 nitrogen and oxygen atoms in total. The van der Waals surface area contributed by atoms with Crippen molar-refractivity contribution in [3.05, 3.63) is 65.2 Å². The van der Waals surface area contributed by atoms with Gasteiger partial charge in [-0.3, -0.25) is 4.79 Å². The van der Waals surface area contributed by atoms with Gasteiger partial charge in [0.25, 0.3) is 0 Å². The molecule has 0 bridgehead atoms. The number of carbonyl (C=O) groups is 2. The summed E-state index contributed by atoms with van der Waals surface area (Å²) in [5.41, 5.74) is 1.77. The number of ether oxygens (including phenoxy) is 2. The van der Waals surface area contributed by atoms with Crippen LogP contribution in [0.25, 0.3) is 0 Å². The highest BCUT2D eigenvalue weighted by atomic mass is 16.5. The lowest BCUT2D eigenvalue weighted by Gasteiger charge is -2.11. The molecule has 2 aromatic carbocycles. The number of hydrogen-bond donors (Lipinski definition) is 1. The Morgan fingerprint density at radius 2 is 2.08 bits per heavy atom. The average molecular weight is 350 g/mol. The van der Waals surface area contributed by atoms with E-state index in [4.69, 9.17) is 14.7 Å². The summed E-state index contributed by atoms with van der Waals surface area (Å²) in [5.74, 6) is 0.152. The average Bonchev–Trinajstić information content (AvgIpc) is 3.10. The Balaban J connectivity index is 1.56. The summed E-state index contributed by atoms with van der Waals surface area (Å²) in [6.07, 6.45) is 1.16. The van der Waals surface area contributed by atoms with Gasteiger partial charge >= 0.3 is 5.97 Å². The number of nitrogens with zero attached hydrogens (tertiary/aromatic N) is 1. The Kier molecular flexibility index (Phi) is 5.49. The van der Waals surface area contributed by atoms with Crippen molar-refractivity contribution < 1.29 is 19.1 Å². The highest BCUT2D eigenvalue weighted by molar-refractivity contribution is 5.89. The maximum absolute atomic E-state index is 12.2. The number of amides is 1. The van der Waals surface area contributed by atoms with Crippen molar-refractivity contribution >= 4 is 11.9 Å². The van der Waals surface area contributed by atoms with Crippen molar-refractivity contribution in [1.29, 1.82) is 5.26 Å². The van der Waals surface area contributed by atoms with Crippen molar-refractivity contribution in [3.63, 3.8) is 0 Å². The Morgan fingerprint density at radius 3 is 2.85 bits per heavy atom. The largest absolute Gasteiger partial charge is 0.489 e. The van der Waals surface area contributed by atoms with Gasteiger partial charge in [-0.05, 0) is 42.3 Å². The normalized spacial score (nSPS) is 15.8. The van der Waals surface area contributed by atoms with Gasteiger partial charge in [-0.15, -0.1) is 0 Å². The Bertz CT molecular complexity index is 857. The van der Waals surface area contributed by atoms with Gasteiger partial charge in [-0.1, -0.05) is 18.2 Å². The second kappa shape index (κ2) is 8.17. The summed E-state index contributed by atoms with van der Waals surface area (Å²) in [6.45, 7) is 0.445. The van der Waals surface area contributed by atoms with Crippen LogP contribution in [-0.4, -0.2) is 24.5 Å². The number of benzene rings is 2. The van der Waals surface area contributed by atoms with E-state index in [1.807, 2.05) is 6.07 Å². The smallest absolute Gasteiger partial charge is 0.338 e. The van der Waals surface area contributed by atoms with E-state index < -0.39 is 5.97 Å². The van der Waals surface area contributed by atoms with Crippen LogP contribution in [0.4, 0.5) is 0 Å². The van der Waals surface area contributed by atoms with E-state index in [0.29, 0.717) is 29.7 Å². The SMILES string of the molecule is N#Cc1cccc(OCc2cccc(C(=O)OCC3CCC(=O)N3)c2)c1. The summed E-state index contributed by atoms with van der Waals surface area (Å²) in [7, 11) is 0. The summed E-state index contributed by atoms with van der Waals surface area (Å²) < 4.78 is 10.9. The van der Waals surface area contributed by atoms with Crippen LogP contribution in [0.5, 0.6) is 5.75 Å². The van der Waals surface area contributed by atoms with Crippen LogP contribution < -0.4 is 10.1 Å². The fraction of sp³-hybridized carbons (Fsp3) is 0.250. The molecule has 0 saturated carbocycles. The van der Waals surface area contributed by atoms with E-state index in [9.17, 15) is 9.59 Å². The zero-order valence-corrected chi connectivity index (χ0v) is 14.1. The molecular formula is C20H18N2O4. The molecule has 1 amide bonds. The lowest BCUT2D eigenvalue weighted by atomic mass is 10.1. The molecule has 2 aromatic rings. The molecule has 0 aliphatic carbocycles. The molecule has 132 valence electrons. The van der Waals surface area contributed by atoms with Crippen LogP contribution in [0.15, 0.2) is 48.5 Å². The van der Waals surface area contributed by atoms with Gasteiger partial charge in [-0.2, -0.15) is 5.26 Å². The molecule has 6 heteroatoms. The molecule has 0 radical (unpaired) electrons. The van der Waals surface area contributed by atoms with E-state index in [2.05, 4.69) is 11.4 Å². The predicted molar refractivity (Wildman–Crippen MR) is 93.4 cm³/mol. The molecule has 1 atom stereocenters. The zero-order valence-electron chi connectivity index (χ0n) is 14.1. The fourth-order valence-electron chi connectivity index (χ4n) is 2.67. The first-order valence-electron chi connectivity index (χ1n) is 8.32. The highest BCUT2D eigenvalue weighted by Gasteiger charge is 2.22. The third-order valence-electron chi connectivity index (χ3n) is 4.03. The zero-order chi connectivity index (χ0) is 18.4. The molecule has 1 N–H and O–H groups in total. The molecule has 1 saturated heterocycles. The van der Waals surface area contributed by atoms with Crippen molar-refractivity contribution in [3.8, 4) is 11.8 Å². The van der Waals surface area contributed by atoms with Crippen LogP contribution in [0.1, 0.15) is 34.3 Å². The third-order valence-corrected chi connectivity index (χ3v) is 4.03. The monoisotopic (exact) mass is 350 g/mol. The minimum atomic E-state index is -0.431. The Morgan fingerprint density at radius 1 is 1.23 bits per heavy atom. The van der Waals surface area contributed by atoms with Gasteiger partial charge in [0.2, 0.25) is 5.91 Å². The van der Waals surface area contributed by atoms with E-state index in [1.165, 1.54) is 0 Å². The summed E-state index contributed by atoms with van der Waals surface area (Å²) >= 11 is 0. The molecule has 3 rings (SSSR count). The topological polar surface area (TPSA) is 88.4 Å². The maximum Gasteiger partial charge on any atom is 0.338 e. The van der Waals surface area contributed by atoms with Crippen LogP contribution in [0, 0.1) is 11.3 Å². The van der Waals surface area contributed by atoms with Crippen LogP contribution in [-0.2, 0) is 16.1 Å². The number of hydrogen-bond acceptors (Lipinski definition) is 5. The fourth-order valence-corrected chi connectivity index (χ4v) is 2.67. The first-order chi connectivity index (χ1) is 12.6. The van der Waals surface area contributed by atoms with Crippen LogP contribution in [0.2, 0.25) is 0 Å². The number of nitriles is 1. The van der Waals surface area contributed by atoms with Crippen molar-refractivity contribution in [2.75, 3.05) is 6.61 Å². The third kappa shape index (κ3) is 4.61. The first-order valence-corrected chi connectivity index (χ1v) is 8.32. The Labute approximate surface area is 151 Å². The molecule has 0 spiro atoms. The van der Waals surface area contributed by atoms with E-state index >= 15 is 0 Å². The summed E-state index contributed by atoms with van der Waals surface area (Å²) in [4.78, 5) is 23.3. The summed E-state index contributed by atoms with van der Waals surface area (Å²) in [5, 5.41) is 11.7. The second-order valence-corrected chi connectivity index (χ2v) is 6.03. The molecular weight excluding hydrogens is 332 g/mol. The van der Waals surface area contributed by atoms with Gasteiger partial charge in [-0.25, -0.2) is 4.79 Å². The second-order valence-electron chi connectivity index (χ2n) is 6.03. The molecule has 1 fully saturated rings. The van der Waals surface area contributed by atoms with Gasteiger partial charge in [0.05, 0.1) is 23.2 Å². The van der Waals surface area contributed by atoms with Crippen LogP contribution in [0.3, 0.4) is 0 Å². The van der Waals surface area contributed by atoms with E-state index in [1.54, 1.807) is 42.5 Å². The lowest BCUT2D eigenvalue weighted by Crippen LogP contribution is -2.30. The van der Waals surface area contributed by atoms with Crippen LogP contribution >= 0.6 is 0 Å². The Hall–Kier alpha value is -3.33. The summed E-state index contributed by atoms with van der Waals surface area (Å²) in [6, 6.07) is 15.8. The van der Waals surface area contributed by atoms with Crippen molar-refractivity contribution in [2.45, 2.75) is 25.5 Å². The standard InChI is InChI=1S/C20H18N2O4/c21-11-14-3-2-6-18(10-14)25-12-15-4-1-5-16(9-15)20(24)26-13-17-7-8-19(23)22-17/h1-6,9-10,17H,7-8,12-13H2,(H,22,23). The molecule has 1 aliphatic heterocycles. The molecule has 26 heavy (non-hydrogen) atoms. The van der Waals surface area contributed by atoms with E-state index in [0.717, 1.165) is 5.56 Å². The number of nitrogens with one attached hydrogen (secondary N) is 1. The van der Waals surface area contributed by atoms with Gasteiger partial charge in [0.1, 0.15) is 19.0 Å². The first kappa shape index (κ1) is 17.5. The van der Waals surface area contributed by atoms with Crippen molar-refractivity contribution in [2.24, 2.45) is 0 Å². The van der Waals surface area contributed by atoms with Gasteiger partial charge in [0.15, 0.2) is 0 Å². The van der Waals surface area contributed by atoms with E-state index in [-0.39, 0.29) is 25.2 Å². The number of esters is 1. The molecule has 1 unspecified atom stereocenters. The minimum absolute atomic E-state index is 0.00865. The van der Waals surface area contributed by atoms with Gasteiger partial charge in [0, 0.05) is 6.42 Å². The predicted octanol–water partition coefficient (Wildman–Crippen LogP) is 2.57. The highest BCUT2D eigenvalue weighted by Crippen LogP contribution is 2.16. The van der Waals surface area contributed by atoms with Gasteiger partial charge < -0.3 is 14.8 Å². The number of rotatable bonds is 6. The van der Waals surface area contributed by atoms with Crippen molar-refractivity contribution in [1.82, 2.24) is 5.32 Å². The molecule has 0 aromatic heterocycles. The minimum Gasteiger partial charge on any atom is -0.489 e.